The van der Waals surface area contributed by atoms with Crippen LogP contribution in [0.3, 0.4) is 0 Å². The minimum Gasteiger partial charge on any atom is -0.508 e. The van der Waals surface area contributed by atoms with Crippen LogP contribution in [0, 0.1) is 0 Å². The zero-order valence-electron chi connectivity index (χ0n) is 14.7. The van der Waals surface area contributed by atoms with Gasteiger partial charge in [0.25, 0.3) is 0 Å². The number of fused-ring (bicyclic) bond motifs is 1. The molecule has 6 heteroatoms. The Hall–Kier alpha value is -2.63. The molecule has 1 atom stereocenters. The largest absolute Gasteiger partial charge is 0.508 e. The molecule has 0 spiro atoms. The smallest absolute Gasteiger partial charge is 0.249 e. The van der Waals surface area contributed by atoms with E-state index in [0.717, 1.165) is 21.2 Å². The van der Waals surface area contributed by atoms with Crippen LogP contribution in [0.15, 0.2) is 76.2 Å². The topological polar surface area (TPSA) is 61.7 Å². The number of carbonyl (C=O) groups excluding carboxylic acids is 1. The van der Waals surface area contributed by atoms with Crippen LogP contribution in [-0.4, -0.2) is 22.8 Å². The summed E-state index contributed by atoms with van der Waals surface area (Å²) in [6, 6.07) is 19.3. The van der Waals surface area contributed by atoms with Gasteiger partial charge in [-0.25, -0.2) is 0 Å². The van der Waals surface area contributed by atoms with Crippen molar-refractivity contribution in [3.63, 3.8) is 0 Å². The van der Waals surface area contributed by atoms with Crippen molar-refractivity contribution in [3.8, 4) is 5.75 Å². The van der Waals surface area contributed by atoms with Gasteiger partial charge in [0.1, 0.15) is 11.8 Å². The predicted molar refractivity (Wildman–Crippen MR) is 115 cm³/mol. The number of amides is 1. The summed E-state index contributed by atoms with van der Waals surface area (Å²) in [6.07, 6.45) is 0.455. The highest BCUT2D eigenvalue weighted by Gasteiger charge is 2.26. The number of nitrogens with one attached hydrogen (secondary N) is 1. The average molecular weight is 456 g/mol. The molecule has 1 amide bonds. The Labute approximate surface area is 176 Å². The molecule has 28 heavy (non-hydrogen) atoms. The van der Waals surface area contributed by atoms with Crippen LogP contribution in [0.25, 0.3) is 0 Å². The van der Waals surface area contributed by atoms with Gasteiger partial charge in [0.15, 0.2) is 0 Å². The fraction of sp³-hybridized carbons (Fsp3) is 0.0909. The lowest BCUT2D eigenvalue weighted by atomic mass is 10.00. The van der Waals surface area contributed by atoms with E-state index in [1.165, 1.54) is 0 Å². The minimum atomic E-state index is -0.603. The van der Waals surface area contributed by atoms with E-state index in [4.69, 9.17) is 16.6 Å². The third kappa shape index (κ3) is 3.81. The van der Waals surface area contributed by atoms with Crippen LogP contribution in [0.4, 0.5) is 5.69 Å². The lowest BCUT2D eigenvalue weighted by Crippen LogP contribution is -2.27. The number of carbonyl (C=O) groups is 1. The van der Waals surface area contributed by atoms with Gasteiger partial charge in [0.2, 0.25) is 5.91 Å². The van der Waals surface area contributed by atoms with Crippen molar-refractivity contribution in [2.75, 3.05) is 5.32 Å². The number of phenols is 1. The second kappa shape index (κ2) is 7.78. The number of aromatic hydroxyl groups is 1. The summed E-state index contributed by atoms with van der Waals surface area (Å²) in [5, 5.41) is 13.2. The molecule has 0 saturated carbocycles. The van der Waals surface area contributed by atoms with Crippen molar-refractivity contribution in [1.29, 1.82) is 0 Å². The minimum absolute atomic E-state index is 0.170. The molecule has 140 valence electrons. The Morgan fingerprint density at radius 1 is 1.07 bits per heavy atom. The highest BCUT2D eigenvalue weighted by Crippen LogP contribution is 2.29. The normalized spacial score (nSPS) is 16.0. The average Bonchev–Trinajstić information content (AvgIpc) is 2.81. The zero-order valence-corrected chi connectivity index (χ0v) is 17.0. The van der Waals surface area contributed by atoms with E-state index in [9.17, 15) is 9.90 Å². The predicted octanol–water partition coefficient (Wildman–Crippen LogP) is 5.21. The molecule has 4 nitrogen and oxygen atoms in total. The maximum atomic E-state index is 12.9. The molecule has 0 bridgehead atoms. The van der Waals surface area contributed by atoms with Gasteiger partial charge in [-0.1, -0.05) is 45.7 Å². The molecule has 1 heterocycles. The van der Waals surface area contributed by atoms with Crippen LogP contribution < -0.4 is 5.32 Å². The van der Waals surface area contributed by atoms with Gasteiger partial charge < -0.3 is 10.4 Å². The summed E-state index contributed by atoms with van der Waals surface area (Å²) < 4.78 is 0.939. The van der Waals surface area contributed by atoms with Crippen molar-refractivity contribution in [2.24, 2.45) is 4.99 Å². The highest BCUT2D eigenvalue weighted by atomic mass is 79.9. The summed E-state index contributed by atoms with van der Waals surface area (Å²) in [4.78, 5) is 17.7. The second-order valence-corrected chi connectivity index (χ2v) is 7.81. The molecule has 2 N–H and O–H groups in total. The SMILES string of the molecule is O=C1Nc2ccc(Cl)cc2C(c2ccc(O)cc2)=NC1Cc1ccccc1Br. The molecule has 3 aromatic carbocycles. The Kier molecular flexibility index (Phi) is 5.20. The van der Waals surface area contributed by atoms with E-state index >= 15 is 0 Å². The standard InChI is InChI=1S/C22H16BrClN2O2/c23-18-4-2-1-3-14(18)11-20-22(28)26-19-10-7-15(24)12-17(19)21(25-20)13-5-8-16(27)9-6-13/h1-10,12,20,27H,11H2,(H,26,28). The summed E-state index contributed by atoms with van der Waals surface area (Å²) in [5.41, 5.74) is 3.88. The monoisotopic (exact) mass is 454 g/mol. The third-order valence-electron chi connectivity index (χ3n) is 4.59. The Bertz CT molecular complexity index is 1080. The van der Waals surface area contributed by atoms with Crippen LogP contribution >= 0.6 is 27.5 Å². The summed E-state index contributed by atoms with van der Waals surface area (Å²) in [5.74, 6) is -0.00337. The highest BCUT2D eigenvalue weighted by molar-refractivity contribution is 9.10. The molecule has 4 rings (SSSR count). The number of nitrogens with zero attached hydrogens (tertiary/aromatic N) is 1. The first-order valence-corrected chi connectivity index (χ1v) is 9.90. The molecular formula is C22H16BrClN2O2. The number of halogens is 2. The lowest BCUT2D eigenvalue weighted by Gasteiger charge is -2.12. The fourth-order valence-electron chi connectivity index (χ4n) is 3.18. The molecule has 1 aliphatic rings. The number of aliphatic imine (C=N–C) groups is 1. The van der Waals surface area contributed by atoms with Gasteiger partial charge in [0.05, 0.1) is 11.4 Å². The van der Waals surface area contributed by atoms with Gasteiger partial charge in [-0.2, -0.15) is 0 Å². The van der Waals surface area contributed by atoms with E-state index in [2.05, 4.69) is 21.2 Å². The van der Waals surface area contributed by atoms with E-state index in [1.54, 1.807) is 42.5 Å². The van der Waals surface area contributed by atoms with Crippen molar-refractivity contribution in [2.45, 2.75) is 12.5 Å². The maximum Gasteiger partial charge on any atom is 0.249 e. The van der Waals surface area contributed by atoms with Crippen LogP contribution in [-0.2, 0) is 11.2 Å². The molecule has 1 aliphatic heterocycles. The number of hydrogen-bond acceptors (Lipinski definition) is 3. The molecule has 3 aromatic rings. The summed E-state index contributed by atoms with van der Waals surface area (Å²) >= 11 is 9.76. The van der Waals surface area contributed by atoms with Crippen LogP contribution in [0.1, 0.15) is 16.7 Å². The third-order valence-corrected chi connectivity index (χ3v) is 5.60. The molecule has 0 aliphatic carbocycles. The van der Waals surface area contributed by atoms with E-state index < -0.39 is 6.04 Å². The number of rotatable bonds is 3. The van der Waals surface area contributed by atoms with Crippen LogP contribution in [0.5, 0.6) is 5.75 Å². The zero-order chi connectivity index (χ0) is 19.7. The van der Waals surface area contributed by atoms with E-state index in [1.807, 2.05) is 24.3 Å². The van der Waals surface area contributed by atoms with Crippen molar-refractivity contribution in [3.05, 3.63) is 92.9 Å². The number of anilines is 1. The molecule has 0 aromatic heterocycles. The van der Waals surface area contributed by atoms with Gasteiger partial charge in [-0.05, 0) is 54.1 Å². The van der Waals surface area contributed by atoms with Gasteiger partial charge in [-0.3, -0.25) is 9.79 Å². The number of benzodiazepines with no additional fused rings is 1. The Morgan fingerprint density at radius 3 is 2.57 bits per heavy atom. The van der Waals surface area contributed by atoms with Crippen molar-refractivity contribution in [1.82, 2.24) is 0 Å². The Balaban J connectivity index is 1.84. The lowest BCUT2D eigenvalue weighted by molar-refractivity contribution is -0.117. The quantitative estimate of drug-likeness (QED) is 0.569. The molecule has 0 radical (unpaired) electrons. The van der Waals surface area contributed by atoms with Crippen LogP contribution in [0.2, 0.25) is 5.02 Å². The van der Waals surface area contributed by atoms with Crippen molar-refractivity contribution < 1.29 is 9.90 Å². The first kappa shape index (κ1) is 18.7. The van der Waals surface area contributed by atoms with Gasteiger partial charge in [0, 0.05) is 27.0 Å². The number of phenolic OH excluding ortho intramolecular Hbond substituents is 1. The molecule has 0 saturated heterocycles. The summed E-state index contributed by atoms with van der Waals surface area (Å²) in [7, 11) is 0. The van der Waals surface area contributed by atoms with Gasteiger partial charge >= 0.3 is 0 Å². The summed E-state index contributed by atoms with van der Waals surface area (Å²) in [6.45, 7) is 0. The maximum absolute atomic E-state index is 12.9. The van der Waals surface area contributed by atoms with E-state index in [-0.39, 0.29) is 11.7 Å². The fourth-order valence-corrected chi connectivity index (χ4v) is 3.80. The van der Waals surface area contributed by atoms with E-state index in [0.29, 0.717) is 22.8 Å². The number of hydrogen-bond donors (Lipinski definition) is 2. The van der Waals surface area contributed by atoms with Crippen molar-refractivity contribution >= 4 is 44.8 Å². The first-order chi connectivity index (χ1) is 13.5. The Morgan fingerprint density at radius 2 is 1.82 bits per heavy atom. The molecule has 0 fully saturated rings. The number of benzene rings is 3. The van der Waals surface area contributed by atoms with Gasteiger partial charge in [-0.15, -0.1) is 0 Å². The first-order valence-electron chi connectivity index (χ1n) is 8.72. The molecular weight excluding hydrogens is 440 g/mol. The second-order valence-electron chi connectivity index (χ2n) is 6.52. The molecule has 1 unspecified atom stereocenters.